The highest BCUT2D eigenvalue weighted by atomic mass is 16.5. The fourth-order valence-corrected chi connectivity index (χ4v) is 2.08. The molecule has 1 aromatic carbocycles. The molecule has 0 saturated carbocycles. The van der Waals surface area contributed by atoms with Gasteiger partial charge in [0, 0.05) is 18.1 Å². The number of fused-ring (bicyclic) bond motifs is 1. The van der Waals surface area contributed by atoms with Gasteiger partial charge in [0.25, 0.3) is 0 Å². The molecule has 0 aliphatic rings. The Hall–Kier alpha value is -2.51. The molecule has 0 spiro atoms. The lowest BCUT2D eigenvalue weighted by molar-refractivity contribution is 0.128. The van der Waals surface area contributed by atoms with Crippen molar-refractivity contribution < 1.29 is 4.74 Å². The molecule has 0 atom stereocenters. The van der Waals surface area contributed by atoms with Crippen molar-refractivity contribution >= 4 is 16.7 Å². The first-order chi connectivity index (χ1) is 10.3. The maximum atomic E-state index is 5.47. The van der Waals surface area contributed by atoms with Crippen LogP contribution >= 0.6 is 0 Å². The molecule has 0 unspecified atom stereocenters. The number of nitrogens with one attached hydrogen (secondary N) is 1. The highest BCUT2D eigenvalue weighted by Gasteiger charge is 2.09. The Labute approximate surface area is 121 Å². The van der Waals surface area contributed by atoms with E-state index in [9.17, 15) is 0 Å². The number of ether oxygens (including phenoxy) is 1. The molecule has 0 amide bonds. The van der Waals surface area contributed by atoms with Crippen molar-refractivity contribution in [2.75, 3.05) is 12.0 Å². The normalized spacial score (nSPS) is 11.0. The van der Waals surface area contributed by atoms with E-state index in [2.05, 4.69) is 20.5 Å². The molecule has 21 heavy (non-hydrogen) atoms. The highest BCUT2D eigenvalue weighted by molar-refractivity contribution is 5.79. The van der Waals surface area contributed by atoms with Crippen molar-refractivity contribution in [3.05, 3.63) is 42.4 Å². The SMILES string of the molecule is CCOCc1nc(NN)cc(-n2ncc3ccccc32)n1. The lowest BCUT2D eigenvalue weighted by Crippen LogP contribution is -2.13. The monoisotopic (exact) mass is 284 g/mol. The first kappa shape index (κ1) is 13.5. The summed E-state index contributed by atoms with van der Waals surface area (Å²) in [5.74, 6) is 7.20. The van der Waals surface area contributed by atoms with Gasteiger partial charge in [-0.15, -0.1) is 0 Å². The minimum atomic E-state index is 0.332. The van der Waals surface area contributed by atoms with Crippen LogP contribution in [0.1, 0.15) is 12.7 Å². The van der Waals surface area contributed by atoms with Gasteiger partial charge in [-0.05, 0) is 13.0 Å². The van der Waals surface area contributed by atoms with Crippen molar-refractivity contribution in [2.45, 2.75) is 13.5 Å². The third kappa shape index (κ3) is 2.69. The Balaban J connectivity index is 2.08. The van der Waals surface area contributed by atoms with E-state index >= 15 is 0 Å². The van der Waals surface area contributed by atoms with E-state index in [0.717, 1.165) is 10.9 Å². The van der Waals surface area contributed by atoms with E-state index < -0.39 is 0 Å². The smallest absolute Gasteiger partial charge is 0.160 e. The Morgan fingerprint density at radius 2 is 2.14 bits per heavy atom. The second kappa shape index (κ2) is 5.86. The fourth-order valence-electron chi connectivity index (χ4n) is 2.08. The predicted octanol–water partition coefficient (Wildman–Crippen LogP) is 1.64. The van der Waals surface area contributed by atoms with E-state index in [1.165, 1.54) is 0 Å². The van der Waals surface area contributed by atoms with Gasteiger partial charge in [-0.25, -0.2) is 20.5 Å². The van der Waals surface area contributed by atoms with Crippen molar-refractivity contribution in [2.24, 2.45) is 5.84 Å². The average Bonchev–Trinajstić information content (AvgIpc) is 2.96. The molecule has 7 nitrogen and oxygen atoms in total. The topological polar surface area (TPSA) is 90.9 Å². The number of anilines is 1. The summed E-state index contributed by atoms with van der Waals surface area (Å²) in [6.45, 7) is 2.86. The summed E-state index contributed by atoms with van der Waals surface area (Å²) in [5.41, 5.74) is 3.52. The van der Waals surface area contributed by atoms with Gasteiger partial charge in [0.15, 0.2) is 11.6 Å². The Kier molecular flexibility index (Phi) is 3.76. The van der Waals surface area contributed by atoms with Crippen LogP contribution in [0.15, 0.2) is 36.5 Å². The van der Waals surface area contributed by atoms with Crippen molar-refractivity contribution in [1.29, 1.82) is 0 Å². The standard InChI is InChI=1S/C14H16N6O/c1-2-21-9-13-17-12(19-15)7-14(18-13)20-11-6-4-3-5-10(11)8-16-20/h3-8H,2,9,15H2,1H3,(H,17,18,19). The van der Waals surface area contributed by atoms with Gasteiger partial charge < -0.3 is 10.2 Å². The second-order valence-corrected chi connectivity index (χ2v) is 4.42. The summed E-state index contributed by atoms with van der Waals surface area (Å²) >= 11 is 0. The quantitative estimate of drug-likeness (QED) is 0.546. The molecule has 0 aliphatic carbocycles. The first-order valence-electron chi connectivity index (χ1n) is 6.67. The third-order valence-corrected chi connectivity index (χ3v) is 3.04. The molecule has 0 saturated heterocycles. The Bertz CT molecular complexity index is 754. The summed E-state index contributed by atoms with van der Waals surface area (Å²) in [6, 6.07) is 9.67. The van der Waals surface area contributed by atoms with Crippen LogP contribution < -0.4 is 11.3 Å². The molecule has 2 aromatic heterocycles. The minimum absolute atomic E-state index is 0.332. The predicted molar refractivity (Wildman–Crippen MR) is 79.8 cm³/mol. The lowest BCUT2D eigenvalue weighted by Gasteiger charge is -2.08. The first-order valence-corrected chi connectivity index (χ1v) is 6.67. The zero-order chi connectivity index (χ0) is 14.7. The molecule has 0 fully saturated rings. The van der Waals surface area contributed by atoms with Crippen LogP contribution in [0.25, 0.3) is 16.7 Å². The summed E-state index contributed by atoms with van der Waals surface area (Å²) in [4.78, 5) is 8.75. The van der Waals surface area contributed by atoms with Crippen LogP contribution in [-0.2, 0) is 11.3 Å². The number of nitrogens with two attached hydrogens (primary N) is 1. The largest absolute Gasteiger partial charge is 0.374 e. The number of hydrogen-bond donors (Lipinski definition) is 2. The van der Waals surface area contributed by atoms with Crippen LogP contribution in [0.3, 0.4) is 0 Å². The molecule has 108 valence electrons. The Morgan fingerprint density at radius 3 is 2.95 bits per heavy atom. The van der Waals surface area contributed by atoms with Crippen molar-refractivity contribution in [1.82, 2.24) is 19.7 Å². The van der Waals surface area contributed by atoms with Gasteiger partial charge in [0.05, 0.1) is 11.7 Å². The molecule has 3 aromatic rings. The van der Waals surface area contributed by atoms with Crippen molar-refractivity contribution in [3.63, 3.8) is 0 Å². The van der Waals surface area contributed by atoms with E-state index in [1.807, 2.05) is 31.2 Å². The number of nitrogens with zero attached hydrogens (tertiary/aromatic N) is 4. The molecular weight excluding hydrogens is 268 g/mol. The van der Waals surface area contributed by atoms with Crippen molar-refractivity contribution in [3.8, 4) is 5.82 Å². The van der Waals surface area contributed by atoms with Gasteiger partial charge in [0.1, 0.15) is 12.4 Å². The van der Waals surface area contributed by atoms with E-state index in [-0.39, 0.29) is 0 Å². The number of nitrogen functional groups attached to an aromatic ring is 1. The van der Waals surface area contributed by atoms with Crippen LogP contribution in [0, 0.1) is 0 Å². The summed E-state index contributed by atoms with van der Waals surface area (Å²) in [7, 11) is 0. The maximum Gasteiger partial charge on any atom is 0.160 e. The number of para-hydroxylation sites is 1. The van der Waals surface area contributed by atoms with E-state index in [1.54, 1.807) is 16.9 Å². The molecule has 2 heterocycles. The van der Waals surface area contributed by atoms with Gasteiger partial charge in [-0.3, -0.25) is 0 Å². The number of aromatic nitrogens is 4. The molecule has 0 bridgehead atoms. The number of hydrazine groups is 1. The van der Waals surface area contributed by atoms with Crippen LogP contribution in [0.2, 0.25) is 0 Å². The third-order valence-electron chi connectivity index (χ3n) is 3.04. The lowest BCUT2D eigenvalue weighted by atomic mass is 10.2. The van der Waals surface area contributed by atoms with Crippen LogP contribution in [-0.4, -0.2) is 26.4 Å². The zero-order valence-corrected chi connectivity index (χ0v) is 11.7. The second-order valence-electron chi connectivity index (χ2n) is 4.42. The highest BCUT2D eigenvalue weighted by Crippen LogP contribution is 2.18. The van der Waals surface area contributed by atoms with Gasteiger partial charge in [-0.2, -0.15) is 5.10 Å². The minimum Gasteiger partial charge on any atom is -0.374 e. The fraction of sp³-hybridized carbons (Fsp3) is 0.214. The van der Waals surface area contributed by atoms with Gasteiger partial charge in [0.2, 0.25) is 0 Å². The molecule has 3 rings (SSSR count). The number of benzene rings is 1. The van der Waals surface area contributed by atoms with E-state index in [0.29, 0.717) is 30.7 Å². The van der Waals surface area contributed by atoms with E-state index in [4.69, 9.17) is 10.6 Å². The van der Waals surface area contributed by atoms with Gasteiger partial charge >= 0.3 is 0 Å². The van der Waals surface area contributed by atoms with Gasteiger partial charge in [-0.1, -0.05) is 18.2 Å². The summed E-state index contributed by atoms with van der Waals surface area (Å²) < 4.78 is 7.11. The maximum absolute atomic E-state index is 5.47. The summed E-state index contributed by atoms with van der Waals surface area (Å²) in [6.07, 6.45) is 1.80. The molecule has 0 aliphatic heterocycles. The average molecular weight is 284 g/mol. The molecule has 7 heteroatoms. The molecular formula is C14H16N6O. The molecule has 0 radical (unpaired) electrons. The number of hydrogen-bond acceptors (Lipinski definition) is 6. The zero-order valence-electron chi connectivity index (χ0n) is 11.7. The Morgan fingerprint density at radius 1 is 1.29 bits per heavy atom. The number of rotatable bonds is 5. The summed E-state index contributed by atoms with van der Waals surface area (Å²) in [5, 5.41) is 5.43. The van der Waals surface area contributed by atoms with Crippen LogP contribution in [0.4, 0.5) is 5.82 Å². The van der Waals surface area contributed by atoms with Crippen LogP contribution in [0.5, 0.6) is 0 Å². The molecule has 3 N–H and O–H groups in total.